The van der Waals surface area contributed by atoms with Crippen LogP contribution in [0.5, 0.6) is 0 Å². The fraction of sp³-hybridized carbons (Fsp3) is 0.857. The second-order valence-corrected chi connectivity index (χ2v) is 5.36. The van der Waals surface area contributed by atoms with E-state index in [1.165, 1.54) is 0 Å². The van der Waals surface area contributed by atoms with Gasteiger partial charge in [-0.3, -0.25) is 4.79 Å². The lowest BCUT2D eigenvalue weighted by Crippen LogP contribution is -2.36. The third-order valence-electron chi connectivity index (χ3n) is 3.73. The average Bonchev–Trinajstić information content (AvgIpc) is 2.98. The number of rotatable bonds is 7. The maximum absolute atomic E-state index is 11.8. The van der Waals surface area contributed by atoms with Crippen molar-refractivity contribution in [2.75, 3.05) is 26.4 Å². The summed E-state index contributed by atoms with van der Waals surface area (Å²) in [7, 11) is 0. The van der Waals surface area contributed by atoms with Gasteiger partial charge in [-0.15, -0.1) is 0 Å². The van der Waals surface area contributed by atoms with Gasteiger partial charge in [0.15, 0.2) is 6.10 Å². The zero-order valence-corrected chi connectivity index (χ0v) is 12.1. The number of hydrogen-bond acceptors (Lipinski definition) is 5. The molecule has 0 bridgehead atoms. The second kappa shape index (κ2) is 8.31. The zero-order valence-electron chi connectivity index (χ0n) is 12.1. The number of nitrogens with one attached hydrogen (secondary N) is 1. The largest absolute Gasteiger partial charge is 0.479 e. The standard InChI is InChI=1S/C14H23NO6/c16-13(11-2-3-12(21-11)14(17)18)15-6-1-7-20-10-4-8-19-9-5-10/h10-12H,1-9H2,(H,15,16)(H,17,18)/t11-,12+/m0/s1. The highest BCUT2D eigenvalue weighted by Crippen LogP contribution is 2.19. The molecule has 2 saturated heterocycles. The van der Waals surface area contributed by atoms with E-state index >= 15 is 0 Å². The molecule has 0 aromatic carbocycles. The van der Waals surface area contributed by atoms with Crippen LogP contribution in [0.3, 0.4) is 0 Å². The minimum absolute atomic E-state index is 0.232. The highest BCUT2D eigenvalue weighted by Gasteiger charge is 2.34. The number of ether oxygens (including phenoxy) is 3. The predicted octanol–water partition coefficient (Wildman–Crippen LogP) is 0.321. The molecule has 120 valence electrons. The summed E-state index contributed by atoms with van der Waals surface area (Å²) in [4.78, 5) is 22.5. The first-order valence-electron chi connectivity index (χ1n) is 7.52. The van der Waals surface area contributed by atoms with Crippen LogP contribution in [-0.4, -0.2) is 61.7 Å². The SMILES string of the molecule is O=C(NCCCOC1CCOCC1)[C@@H]1CC[C@H](C(=O)O)O1. The molecule has 2 N–H and O–H groups in total. The van der Waals surface area contributed by atoms with Crippen molar-refractivity contribution in [3.63, 3.8) is 0 Å². The minimum atomic E-state index is -1.00. The summed E-state index contributed by atoms with van der Waals surface area (Å²) in [5.74, 6) is -1.24. The molecule has 7 nitrogen and oxygen atoms in total. The van der Waals surface area contributed by atoms with E-state index in [4.69, 9.17) is 19.3 Å². The van der Waals surface area contributed by atoms with Crippen molar-refractivity contribution >= 4 is 11.9 Å². The molecule has 0 saturated carbocycles. The quantitative estimate of drug-likeness (QED) is 0.658. The Balaban J connectivity index is 1.52. The Hall–Kier alpha value is -1.18. The van der Waals surface area contributed by atoms with E-state index in [0.29, 0.717) is 26.0 Å². The fourth-order valence-corrected chi connectivity index (χ4v) is 2.50. The summed E-state index contributed by atoms with van der Waals surface area (Å²) in [6.07, 6.45) is 2.22. The van der Waals surface area contributed by atoms with Gasteiger partial charge in [0.2, 0.25) is 5.91 Å². The third-order valence-corrected chi connectivity index (χ3v) is 3.73. The van der Waals surface area contributed by atoms with Gasteiger partial charge in [0.05, 0.1) is 6.10 Å². The molecule has 7 heteroatoms. The Bertz CT molecular complexity index is 355. The minimum Gasteiger partial charge on any atom is -0.479 e. The number of hydrogen-bond donors (Lipinski definition) is 2. The molecule has 0 spiro atoms. The van der Waals surface area contributed by atoms with Gasteiger partial charge in [-0.25, -0.2) is 4.79 Å². The van der Waals surface area contributed by atoms with Gasteiger partial charge >= 0.3 is 5.97 Å². The number of aliphatic carboxylic acids is 1. The molecule has 0 aromatic rings. The van der Waals surface area contributed by atoms with Crippen molar-refractivity contribution in [1.29, 1.82) is 0 Å². The highest BCUT2D eigenvalue weighted by atomic mass is 16.5. The maximum atomic E-state index is 11.8. The van der Waals surface area contributed by atoms with E-state index in [1.807, 2.05) is 0 Å². The lowest BCUT2D eigenvalue weighted by molar-refractivity contribution is -0.151. The van der Waals surface area contributed by atoms with Crippen molar-refractivity contribution < 1.29 is 28.9 Å². The van der Waals surface area contributed by atoms with E-state index in [1.54, 1.807) is 0 Å². The molecular weight excluding hydrogens is 278 g/mol. The fourth-order valence-electron chi connectivity index (χ4n) is 2.50. The molecule has 2 atom stereocenters. The van der Waals surface area contributed by atoms with Gasteiger partial charge in [-0.2, -0.15) is 0 Å². The average molecular weight is 301 g/mol. The molecule has 2 heterocycles. The molecule has 0 aliphatic carbocycles. The molecule has 1 amide bonds. The maximum Gasteiger partial charge on any atom is 0.332 e. The number of carbonyl (C=O) groups excluding carboxylic acids is 1. The van der Waals surface area contributed by atoms with E-state index < -0.39 is 18.2 Å². The Morgan fingerprint density at radius 3 is 2.52 bits per heavy atom. The summed E-state index contributed by atoms with van der Waals surface area (Å²) in [5.41, 5.74) is 0. The molecule has 0 aromatic heterocycles. The second-order valence-electron chi connectivity index (χ2n) is 5.36. The van der Waals surface area contributed by atoms with E-state index in [9.17, 15) is 9.59 Å². The van der Waals surface area contributed by atoms with E-state index in [2.05, 4.69) is 5.32 Å². The monoisotopic (exact) mass is 301 g/mol. The molecule has 2 aliphatic rings. The van der Waals surface area contributed by atoms with Crippen molar-refractivity contribution in [2.45, 2.75) is 50.4 Å². The number of carbonyl (C=O) groups is 2. The van der Waals surface area contributed by atoms with Crippen LogP contribution in [0, 0.1) is 0 Å². The lowest BCUT2D eigenvalue weighted by Gasteiger charge is -2.22. The zero-order chi connectivity index (χ0) is 15.1. The summed E-state index contributed by atoms with van der Waals surface area (Å²) >= 11 is 0. The smallest absolute Gasteiger partial charge is 0.332 e. The summed E-state index contributed by atoms with van der Waals surface area (Å²) in [6, 6.07) is 0. The van der Waals surface area contributed by atoms with Gasteiger partial charge in [0, 0.05) is 26.4 Å². The van der Waals surface area contributed by atoms with Crippen LogP contribution in [0.4, 0.5) is 0 Å². The molecule has 0 radical (unpaired) electrons. The first-order chi connectivity index (χ1) is 10.2. The Labute approximate surface area is 123 Å². The highest BCUT2D eigenvalue weighted by molar-refractivity contribution is 5.82. The summed E-state index contributed by atoms with van der Waals surface area (Å²) in [5, 5.41) is 11.6. The Morgan fingerprint density at radius 2 is 1.86 bits per heavy atom. The van der Waals surface area contributed by atoms with Crippen molar-refractivity contribution in [3.05, 3.63) is 0 Å². The summed E-state index contributed by atoms with van der Waals surface area (Å²) < 4.78 is 16.1. The van der Waals surface area contributed by atoms with E-state index in [-0.39, 0.29) is 12.0 Å². The van der Waals surface area contributed by atoms with Crippen molar-refractivity contribution in [3.8, 4) is 0 Å². The van der Waals surface area contributed by atoms with Crippen LogP contribution >= 0.6 is 0 Å². The normalized spacial score (nSPS) is 26.7. The molecule has 21 heavy (non-hydrogen) atoms. The van der Waals surface area contributed by atoms with E-state index in [0.717, 1.165) is 32.5 Å². The predicted molar refractivity (Wildman–Crippen MR) is 73.0 cm³/mol. The van der Waals surface area contributed by atoms with Gasteiger partial charge in [-0.05, 0) is 32.1 Å². The van der Waals surface area contributed by atoms with Gasteiger partial charge < -0.3 is 24.6 Å². The first-order valence-corrected chi connectivity index (χ1v) is 7.52. The van der Waals surface area contributed by atoms with Crippen molar-refractivity contribution in [1.82, 2.24) is 5.32 Å². The number of amides is 1. The summed E-state index contributed by atoms with van der Waals surface area (Å²) in [6.45, 7) is 2.63. The van der Waals surface area contributed by atoms with Gasteiger partial charge in [-0.1, -0.05) is 0 Å². The van der Waals surface area contributed by atoms with Crippen molar-refractivity contribution in [2.24, 2.45) is 0 Å². The topological polar surface area (TPSA) is 94.1 Å². The van der Waals surface area contributed by atoms with Crippen LogP contribution < -0.4 is 5.32 Å². The number of carboxylic acids is 1. The Kier molecular flexibility index (Phi) is 6.41. The molecule has 2 rings (SSSR count). The first kappa shape index (κ1) is 16.2. The van der Waals surface area contributed by atoms with Crippen LogP contribution in [-0.2, 0) is 23.8 Å². The third kappa shape index (κ3) is 5.26. The van der Waals surface area contributed by atoms with Crippen LogP contribution in [0.25, 0.3) is 0 Å². The molecule has 0 unspecified atom stereocenters. The van der Waals surface area contributed by atoms with Crippen LogP contribution in [0.2, 0.25) is 0 Å². The van der Waals surface area contributed by atoms with Gasteiger partial charge in [0.25, 0.3) is 0 Å². The van der Waals surface area contributed by atoms with Gasteiger partial charge in [0.1, 0.15) is 6.10 Å². The molecule has 2 fully saturated rings. The lowest BCUT2D eigenvalue weighted by atomic mass is 10.1. The number of carboxylic acid groups (broad SMARTS) is 1. The molecular formula is C14H23NO6. The van der Waals surface area contributed by atoms with Crippen LogP contribution in [0.15, 0.2) is 0 Å². The Morgan fingerprint density at radius 1 is 1.14 bits per heavy atom. The molecule has 2 aliphatic heterocycles. The van der Waals surface area contributed by atoms with Crippen LogP contribution in [0.1, 0.15) is 32.1 Å².